The maximum Gasteiger partial charge on any atom is 0.262 e. The van der Waals surface area contributed by atoms with Gasteiger partial charge in [-0.25, -0.2) is 4.98 Å². The van der Waals surface area contributed by atoms with E-state index < -0.39 is 5.91 Å². The maximum absolute atomic E-state index is 12.3. The highest BCUT2D eigenvalue weighted by atomic mass is 16.5. The lowest BCUT2D eigenvalue weighted by Crippen LogP contribution is -2.24. The number of carbonyl (C=O) groups is 2. The average Bonchev–Trinajstić information content (AvgIpc) is 3.07. The number of hydrogen-bond acceptors (Lipinski definition) is 5. The number of amides is 2. The van der Waals surface area contributed by atoms with Gasteiger partial charge in [0.05, 0.1) is 0 Å². The first-order valence-corrected chi connectivity index (χ1v) is 10.6. The van der Waals surface area contributed by atoms with E-state index in [-0.39, 0.29) is 12.5 Å². The molecular formula is C24H26N4O3. The third kappa shape index (κ3) is 5.12. The fourth-order valence-corrected chi connectivity index (χ4v) is 3.76. The molecule has 0 atom stereocenters. The van der Waals surface area contributed by atoms with E-state index in [0.29, 0.717) is 17.0 Å². The molecule has 31 heavy (non-hydrogen) atoms. The van der Waals surface area contributed by atoms with Gasteiger partial charge in [-0.1, -0.05) is 25.0 Å². The number of fused-ring (bicyclic) bond motifs is 1. The van der Waals surface area contributed by atoms with E-state index in [1.807, 2.05) is 18.2 Å². The summed E-state index contributed by atoms with van der Waals surface area (Å²) >= 11 is 0. The molecule has 0 aliphatic carbocycles. The second-order valence-electron chi connectivity index (χ2n) is 7.68. The van der Waals surface area contributed by atoms with Crippen molar-refractivity contribution in [3.8, 4) is 5.75 Å². The minimum atomic E-state index is -0.510. The zero-order valence-electron chi connectivity index (χ0n) is 17.3. The Balaban J connectivity index is 1.45. The van der Waals surface area contributed by atoms with Crippen LogP contribution in [0, 0.1) is 0 Å². The molecule has 4 rings (SSSR count). The Morgan fingerprint density at radius 2 is 1.71 bits per heavy atom. The van der Waals surface area contributed by atoms with E-state index in [2.05, 4.69) is 22.3 Å². The third-order valence-corrected chi connectivity index (χ3v) is 5.41. The van der Waals surface area contributed by atoms with Crippen LogP contribution in [0.1, 0.15) is 36.0 Å². The summed E-state index contributed by atoms with van der Waals surface area (Å²) in [5.41, 5.74) is 6.94. The number of benzene rings is 2. The van der Waals surface area contributed by atoms with E-state index >= 15 is 0 Å². The SMILES string of the molecule is NC(=O)c1ccc(NC(=O)COc2cccc3ccc(N4CCCCCC4)nc23)cc1. The van der Waals surface area contributed by atoms with E-state index in [4.69, 9.17) is 15.5 Å². The minimum Gasteiger partial charge on any atom is -0.481 e. The first kappa shape index (κ1) is 20.7. The highest BCUT2D eigenvalue weighted by Gasteiger charge is 2.14. The second-order valence-corrected chi connectivity index (χ2v) is 7.68. The van der Waals surface area contributed by atoms with Gasteiger partial charge in [-0.15, -0.1) is 0 Å². The molecule has 1 aromatic heterocycles. The monoisotopic (exact) mass is 418 g/mol. The van der Waals surface area contributed by atoms with Crippen LogP contribution in [0.3, 0.4) is 0 Å². The van der Waals surface area contributed by atoms with Gasteiger partial charge in [0.25, 0.3) is 5.91 Å². The standard InChI is InChI=1S/C24H26N4O3/c25-24(30)18-8-11-19(12-9-18)26-22(29)16-31-20-7-5-6-17-10-13-21(27-23(17)20)28-14-3-1-2-4-15-28/h5-13H,1-4,14-16H2,(H2,25,30)(H,26,29). The third-order valence-electron chi connectivity index (χ3n) is 5.41. The molecule has 1 aliphatic rings. The Bertz CT molecular complexity index is 1070. The molecule has 0 spiro atoms. The molecule has 2 aromatic carbocycles. The summed E-state index contributed by atoms with van der Waals surface area (Å²) in [5.74, 6) is 0.717. The Hall–Kier alpha value is -3.61. The van der Waals surface area contributed by atoms with Crippen molar-refractivity contribution < 1.29 is 14.3 Å². The highest BCUT2D eigenvalue weighted by molar-refractivity contribution is 5.95. The molecule has 0 bridgehead atoms. The number of nitrogens with two attached hydrogens (primary N) is 1. The zero-order chi connectivity index (χ0) is 21.6. The molecule has 7 nitrogen and oxygen atoms in total. The Morgan fingerprint density at radius 1 is 0.968 bits per heavy atom. The van der Waals surface area contributed by atoms with Crippen LogP contribution in [-0.2, 0) is 4.79 Å². The number of pyridine rings is 1. The van der Waals surface area contributed by atoms with Crippen molar-refractivity contribution in [3.05, 3.63) is 60.2 Å². The average molecular weight is 418 g/mol. The van der Waals surface area contributed by atoms with Crippen molar-refractivity contribution in [1.29, 1.82) is 0 Å². The van der Waals surface area contributed by atoms with Gasteiger partial charge in [-0.3, -0.25) is 9.59 Å². The molecule has 0 radical (unpaired) electrons. The number of nitrogens with one attached hydrogen (secondary N) is 1. The summed E-state index contributed by atoms with van der Waals surface area (Å²) in [6, 6.07) is 16.2. The van der Waals surface area contributed by atoms with Gasteiger partial charge in [-0.05, 0) is 55.3 Å². The Labute approximate surface area is 181 Å². The number of para-hydroxylation sites is 1. The maximum atomic E-state index is 12.3. The number of carbonyl (C=O) groups excluding carboxylic acids is 2. The van der Waals surface area contributed by atoms with Crippen molar-refractivity contribution in [2.24, 2.45) is 5.73 Å². The number of hydrogen-bond donors (Lipinski definition) is 2. The quantitative estimate of drug-likeness (QED) is 0.636. The van der Waals surface area contributed by atoms with Crippen molar-refractivity contribution in [2.75, 3.05) is 29.9 Å². The second kappa shape index (κ2) is 9.47. The van der Waals surface area contributed by atoms with Crippen LogP contribution in [0.5, 0.6) is 5.75 Å². The molecule has 1 saturated heterocycles. The van der Waals surface area contributed by atoms with Crippen LogP contribution in [-0.4, -0.2) is 36.5 Å². The summed E-state index contributed by atoms with van der Waals surface area (Å²) in [5, 5.41) is 3.72. The number of anilines is 2. The topological polar surface area (TPSA) is 97.5 Å². The lowest BCUT2D eigenvalue weighted by Gasteiger charge is -2.22. The van der Waals surface area contributed by atoms with Gasteiger partial charge in [0.2, 0.25) is 5.91 Å². The lowest BCUT2D eigenvalue weighted by molar-refractivity contribution is -0.118. The summed E-state index contributed by atoms with van der Waals surface area (Å²) in [6.07, 6.45) is 4.88. The van der Waals surface area contributed by atoms with Gasteiger partial charge < -0.3 is 20.7 Å². The van der Waals surface area contributed by atoms with Crippen LogP contribution in [0.4, 0.5) is 11.5 Å². The lowest BCUT2D eigenvalue weighted by atomic mass is 10.2. The van der Waals surface area contributed by atoms with Gasteiger partial charge in [-0.2, -0.15) is 0 Å². The first-order chi connectivity index (χ1) is 15.1. The Kier molecular flexibility index (Phi) is 6.31. The van der Waals surface area contributed by atoms with Crippen LogP contribution < -0.4 is 20.7 Å². The van der Waals surface area contributed by atoms with Crippen molar-refractivity contribution >= 4 is 34.2 Å². The first-order valence-electron chi connectivity index (χ1n) is 10.6. The molecule has 0 unspecified atom stereocenters. The molecule has 2 heterocycles. The predicted octanol–water partition coefficient (Wildman–Crippen LogP) is 3.73. The van der Waals surface area contributed by atoms with E-state index in [1.165, 1.54) is 25.7 Å². The molecule has 7 heteroatoms. The molecule has 0 saturated carbocycles. The van der Waals surface area contributed by atoms with Crippen LogP contribution in [0.2, 0.25) is 0 Å². The molecule has 3 N–H and O–H groups in total. The summed E-state index contributed by atoms with van der Waals surface area (Å²) in [4.78, 5) is 30.7. The van der Waals surface area contributed by atoms with E-state index in [9.17, 15) is 9.59 Å². The highest BCUT2D eigenvalue weighted by Crippen LogP contribution is 2.27. The predicted molar refractivity (Wildman–Crippen MR) is 122 cm³/mol. The fraction of sp³-hybridized carbons (Fsp3) is 0.292. The molecular weight excluding hydrogens is 392 g/mol. The minimum absolute atomic E-state index is 0.147. The summed E-state index contributed by atoms with van der Waals surface area (Å²) in [6.45, 7) is 1.88. The molecule has 160 valence electrons. The molecule has 1 fully saturated rings. The largest absolute Gasteiger partial charge is 0.481 e. The Morgan fingerprint density at radius 3 is 2.42 bits per heavy atom. The van der Waals surface area contributed by atoms with E-state index in [0.717, 1.165) is 29.8 Å². The summed E-state index contributed by atoms with van der Waals surface area (Å²) < 4.78 is 5.82. The van der Waals surface area contributed by atoms with Crippen molar-refractivity contribution in [1.82, 2.24) is 4.98 Å². The fourth-order valence-electron chi connectivity index (χ4n) is 3.76. The molecule has 3 aromatic rings. The van der Waals surface area contributed by atoms with Gasteiger partial charge in [0.1, 0.15) is 17.1 Å². The zero-order valence-corrected chi connectivity index (χ0v) is 17.3. The van der Waals surface area contributed by atoms with Crippen LogP contribution in [0.25, 0.3) is 10.9 Å². The smallest absolute Gasteiger partial charge is 0.262 e. The number of ether oxygens (including phenoxy) is 1. The van der Waals surface area contributed by atoms with Crippen LogP contribution >= 0.6 is 0 Å². The van der Waals surface area contributed by atoms with Gasteiger partial charge in [0, 0.05) is 29.7 Å². The van der Waals surface area contributed by atoms with Gasteiger partial charge in [0.15, 0.2) is 6.61 Å². The van der Waals surface area contributed by atoms with E-state index in [1.54, 1.807) is 24.3 Å². The number of aromatic nitrogens is 1. The number of primary amides is 1. The summed E-state index contributed by atoms with van der Waals surface area (Å²) in [7, 11) is 0. The normalized spacial score (nSPS) is 14.1. The number of rotatable bonds is 6. The van der Waals surface area contributed by atoms with Crippen molar-refractivity contribution in [2.45, 2.75) is 25.7 Å². The van der Waals surface area contributed by atoms with Crippen LogP contribution in [0.15, 0.2) is 54.6 Å². The van der Waals surface area contributed by atoms with Gasteiger partial charge >= 0.3 is 0 Å². The van der Waals surface area contributed by atoms with Crippen molar-refractivity contribution in [3.63, 3.8) is 0 Å². The molecule has 1 aliphatic heterocycles. The number of nitrogens with zero attached hydrogens (tertiary/aromatic N) is 2. The molecule has 2 amide bonds.